The number of fused-ring (bicyclic) bond motifs is 1. The maximum atomic E-state index is 9.20. The zero-order valence-corrected chi connectivity index (χ0v) is 19.6. The molecule has 2 heterocycles. The van der Waals surface area contributed by atoms with Crippen LogP contribution in [-0.4, -0.2) is 50.9 Å². The lowest BCUT2D eigenvalue weighted by Gasteiger charge is -2.38. The Hall–Kier alpha value is -1.39. The molecule has 3 atom stereocenters. The van der Waals surface area contributed by atoms with Crippen LogP contribution in [0, 0.1) is 18.3 Å². The first-order valence-electron chi connectivity index (χ1n) is 9.75. The monoisotopic (exact) mass is 419 g/mol. The molecule has 28 heavy (non-hydrogen) atoms. The van der Waals surface area contributed by atoms with Gasteiger partial charge in [0, 0.05) is 12.7 Å². The van der Waals surface area contributed by atoms with Gasteiger partial charge in [-0.15, -0.1) is 0 Å². The van der Waals surface area contributed by atoms with Crippen molar-refractivity contribution in [3.8, 4) is 6.07 Å². The Bertz CT molecular complexity index is 841. The molecular formula is C21H30ClN3O2Si. The third-order valence-corrected chi connectivity index (χ3v) is 11.5. The standard InChI is InChI=1S/C21H30ClN3O2Si/c1-13-16(9-8-14(11-23)18(13)22)19-20(26-5)17-10-15(12-25(17)24-19)27-28(6,7)21(2,3)4/h8-9,15,17,20H,10,12H2,1-7H3/t15-,17+,20+/m1/s1. The van der Waals surface area contributed by atoms with E-state index in [1.807, 2.05) is 13.0 Å². The minimum Gasteiger partial charge on any atom is -0.412 e. The Morgan fingerprint density at radius 2 is 2.00 bits per heavy atom. The summed E-state index contributed by atoms with van der Waals surface area (Å²) in [6.45, 7) is 14.1. The summed E-state index contributed by atoms with van der Waals surface area (Å²) in [6.07, 6.45) is 0.955. The Kier molecular flexibility index (Phi) is 5.68. The number of rotatable bonds is 4. The molecule has 3 rings (SSSR count). The van der Waals surface area contributed by atoms with Crippen molar-refractivity contribution in [2.45, 2.75) is 70.5 Å². The van der Waals surface area contributed by atoms with Gasteiger partial charge in [-0.3, -0.25) is 5.01 Å². The summed E-state index contributed by atoms with van der Waals surface area (Å²) in [7, 11) is -0.0934. The molecule has 0 aromatic heterocycles. The summed E-state index contributed by atoms with van der Waals surface area (Å²) < 4.78 is 12.5. The molecule has 1 aromatic carbocycles. The number of halogens is 1. The Labute approximate surface area is 174 Å². The lowest BCUT2D eigenvalue weighted by atomic mass is 9.95. The van der Waals surface area contributed by atoms with E-state index in [0.29, 0.717) is 10.6 Å². The van der Waals surface area contributed by atoms with Crippen LogP contribution in [0.15, 0.2) is 17.2 Å². The average molecular weight is 420 g/mol. The lowest BCUT2D eigenvalue weighted by Crippen LogP contribution is -2.44. The van der Waals surface area contributed by atoms with Crippen LogP contribution in [0.2, 0.25) is 23.2 Å². The number of nitriles is 1. The quantitative estimate of drug-likeness (QED) is 0.662. The van der Waals surface area contributed by atoms with E-state index < -0.39 is 8.32 Å². The summed E-state index contributed by atoms with van der Waals surface area (Å²) >= 11 is 6.38. The predicted molar refractivity (Wildman–Crippen MR) is 115 cm³/mol. The first kappa shape index (κ1) is 21.3. The van der Waals surface area contributed by atoms with Gasteiger partial charge >= 0.3 is 0 Å². The van der Waals surface area contributed by atoms with Crippen LogP contribution < -0.4 is 0 Å². The normalized spacial score (nSPS) is 24.9. The molecule has 7 heteroatoms. The Morgan fingerprint density at radius 3 is 2.57 bits per heavy atom. The number of hydrogen-bond acceptors (Lipinski definition) is 5. The summed E-state index contributed by atoms with van der Waals surface area (Å²) in [5, 5.41) is 16.9. The molecule has 0 saturated carbocycles. The van der Waals surface area contributed by atoms with Crippen LogP contribution in [-0.2, 0) is 9.16 Å². The summed E-state index contributed by atoms with van der Waals surface area (Å²) in [5.74, 6) is 0. The topological polar surface area (TPSA) is 57.8 Å². The minimum atomic E-state index is -1.82. The van der Waals surface area contributed by atoms with E-state index in [-0.39, 0.29) is 23.3 Å². The molecule has 0 spiro atoms. The second kappa shape index (κ2) is 7.45. The molecule has 1 aromatic rings. The summed E-state index contributed by atoms with van der Waals surface area (Å²) in [4.78, 5) is 0. The summed E-state index contributed by atoms with van der Waals surface area (Å²) in [6, 6.07) is 5.99. The third kappa shape index (κ3) is 3.61. The average Bonchev–Trinajstić information content (AvgIpc) is 3.12. The second-order valence-corrected chi connectivity index (χ2v) is 14.4. The van der Waals surface area contributed by atoms with Crippen LogP contribution >= 0.6 is 11.6 Å². The molecule has 1 saturated heterocycles. The Balaban J connectivity index is 1.85. The zero-order chi connectivity index (χ0) is 20.9. The molecule has 0 N–H and O–H groups in total. The highest BCUT2D eigenvalue weighted by atomic mass is 35.5. The van der Waals surface area contributed by atoms with Crippen molar-refractivity contribution in [2.75, 3.05) is 13.7 Å². The van der Waals surface area contributed by atoms with E-state index >= 15 is 0 Å². The fourth-order valence-electron chi connectivity index (χ4n) is 3.79. The third-order valence-electron chi connectivity index (χ3n) is 6.44. The van der Waals surface area contributed by atoms with Gasteiger partial charge in [-0.1, -0.05) is 38.4 Å². The van der Waals surface area contributed by atoms with E-state index in [9.17, 15) is 5.26 Å². The van der Waals surface area contributed by atoms with E-state index in [2.05, 4.69) is 44.9 Å². The maximum Gasteiger partial charge on any atom is 0.192 e. The van der Waals surface area contributed by atoms with Gasteiger partial charge in [0.1, 0.15) is 12.2 Å². The van der Waals surface area contributed by atoms with E-state index in [4.69, 9.17) is 25.9 Å². The molecule has 1 fully saturated rings. The van der Waals surface area contributed by atoms with E-state index in [1.54, 1.807) is 13.2 Å². The first-order chi connectivity index (χ1) is 13.0. The molecule has 0 amide bonds. The SMILES string of the molecule is CO[C@@H]1C(c2ccc(C#N)c(Cl)c2C)=NN2C[C@H](O[Si](C)(C)C(C)(C)C)C[C@@H]12. The van der Waals surface area contributed by atoms with Crippen LogP contribution in [0.1, 0.15) is 43.9 Å². The van der Waals surface area contributed by atoms with Crippen molar-refractivity contribution >= 4 is 25.6 Å². The number of nitrogens with zero attached hydrogens (tertiary/aromatic N) is 3. The highest BCUT2D eigenvalue weighted by molar-refractivity contribution is 6.74. The predicted octanol–water partition coefficient (Wildman–Crippen LogP) is 4.72. The number of ether oxygens (including phenoxy) is 1. The van der Waals surface area contributed by atoms with Crippen LogP contribution in [0.25, 0.3) is 0 Å². The van der Waals surface area contributed by atoms with Gasteiger partial charge in [0.2, 0.25) is 0 Å². The largest absolute Gasteiger partial charge is 0.412 e. The Morgan fingerprint density at radius 1 is 1.32 bits per heavy atom. The van der Waals surface area contributed by atoms with E-state index in [0.717, 1.165) is 29.8 Å². The smallest absolute Gasteiger partial charge is 0.192 e. The van der Waals surface area contributed by atoms with Gasteiger partial charge in [-0.25, -0.2) is 0 Å². The van der Waals surface area contributed by atoms with Crippen molar-refractivity contribution < 1.29 is 9.16 Å². The zero-order valence-electron chi connectivity index (χ0n) is 17.8. The molecule has 0 unspecified atom stereocenters. The number of methoxy groups -OCH3 is 1. The van der Waals surface area contributed by atoms with Gasteiger partial charge in [-0.2, -0.15) is 10.4 Å². The summed E-state index contributed by atoms with van der Waals surface area (Å²) in [5.41, 5.74) is 3.20. The molecule has 5 nitrogen and oxygen atoms in total. The maximum absolute atomic E-state index is 9.20. The molecule has 2 aliphatic rings. The van der Waals surface area contributed by atoms with Crippen molar-refractivity contribution in [2.24, 2.45) is 5.10 Å². The lowest BCUT2D eigenvalue weighted by molar-refractivity contribution is 0.0982. The molecule has 0 bridgehead atoms. The van der Waals surface area contributed by atoms with Crippen LogP contribution in [0.3, 0.4) is 0 Å². The van der Waals surface area contributed by atoms with Crippen molar-refractivity contribution in [1.29, 1.82) is 5.26 Å². The van der Waals surface area contributed by atoms with Gasteiger partial charge in [0.25, 0.3) is 0 Å². The molecule has 0 radical (unpaired) electrons. The van der Waals surface area contributed by atoms with Gasteiger partial charge < -0.3 is 9.16 Å². The van der Waals surface area contributed by atoms with Crippen LogP contribution in [0.5, 0.6) is 0 Å². The van der Waals surface area contributed by atoms with Crippen molar-refractivity contribution in [3.05, 3.63) is 33.8 Å². The van der Waals surface area contributed by atoms with Crippen molar-refractivity contribution in [3.63, 3.8) is 0 Å². The molecule has 2 aliphatic heterocycles. The fourth-order valence-corrected chi connectivity index (χ4v) is 5.35. The molecule has 0 aliphatic carbocycles. The number of benzene rings is 1. The molecular weight excluding hydrogens is 390 g/mol. The minimum absolute atomic E-state index is 0.129. The van der Waals surface area contributed by atoms with Gasteiger partial charge in [0.15, 0.2) is 8.32 Å². The molecule has 152 valence electrons. The highest BCUT2D eigenvalue weighted by Gasteiger charge is 2.48. The van der Waals surface area contributed by atoms with Crippen molar-refractivity contribution in [1.82, 2.24) is 5.01 Å². The van der Waals surface area contributed by atoms with Gasteiger partial charge in [-0.05, 0) is 43.1 Å². The first-order valence-corrected chi connectivity index (χ1v) is 13.0. The van der Waals surface area contributed by atoms with E-state index in [1.165, 1.54) is 0 Å². The fraction of sp³-hybridized carbons (Fsp3) is 0.619. The number of hydrazone groups is 1. The highest BCUT2D eigenvalue weighted by Crippen LogP contribution is 2.41. The van der Waals surface area contributed by atoms with Gasteiger partial charge in [0.05, 0.1) is 35.0 Å². The second-order valence-electron chi connectivity index (χ2n) is 9.28. The van der Waals surface area contributed by atoms with Crippen LogP contribution in [0.4, 0.5) is 0 Å². The number of hydrogen-bond donors (Lipinski definition) is 0.